The number of likely N-dealkylation sites (tertiary alicyclic amines) is 1. The summed E-state index contributed by atoms with van der Waals surface area (Å²) in [4.78, 5) is 51.1. The van der Waals surface area contributed by atoms with E-state index in [1.54, 1.807) is 4.90 Å². The Kier molecular flexibility index (Phi) is 5.96. The first-order valence-corrected chi connectivity index (χ1v) is 9.49. The van der Waals surface area contributed by atoms with Crippen LogP contribution in [0.15, 0.2) is 30.3 Å². The number of Topliss-reactive ketones (excluding diaryl/α,β-unsaturated/α-hetero) is 1. The van der Waals surface area contributed by atoms with Gasteiger partial charge >= 0.3 is 6.09 Å². The summed E-state index contributed by atoms with van der Waals surface area (Å²) in [5.41, 5.74) is 0.815. The number of benzene rings is 1. The number of nitrogens with one attached hydrogen (secondary N) is 1. The molecule has 1 saturated carbocycles. The highest BCUT2D eigenvalue weighted by Gasteiger charge is 2.44. The van der Waals surface area contributed by atoms with Crippen molar-refractivity contribution in [1.29, 1.82) is 0 Å². The topological polar surface area (TPSA) is 107 Å². The van der Waals surface area contributed by atoms with Crippen molar-refractivity contribution < 1.29 is 24.3 Å². The van der Waals surface area contributed by atoms with Crippen LogP contribution in [0.2, 0.25) is 0 Å². The van der Waals surface area contributed by atoms with Crippen molar-refractivity contribution in [2.24, 2.45) is 0 Å². The molecule has 0 radical (unpaired) electrons. The van der Waals surface area contributed by atoms with Gasteiger partial charge in [0.2, 0.25) is 11.8 Å². The van der Waals surface area contributed by atoms with E-state index in [1.807, 2.05) is 30.3 Å². The van der Waals surface area contributed by atoms with Crippen LogP contribution in [0.25, 0.3) is 0 Å². The smallest absolute Gasteiger partial charge is 0.408 e. The zero-order valence-electron chi connectivity index (χ0n) is 15.8. The lowest BCUT2D eigenvalue weighted by atomic mass is 9.88. The number of ketones is 1. The van der Waals surface area contributed by atoms with Crippen LogP contribution in [0.3, 0.4) is 0 Å². The van der Waals surface area contributed by atoms with Gasteiger partial charge in [-0.3, -0.25) is 19.3 Å². The van der Waals surface area contributed by atoms with E-state index in [0.717, 1.165) is 5.56 Å². The van der Waals surface area contributed by atoms with Crippen molar-refractivity contribution in [1.82, 2.24) is 15.1 Å². The summed E-state index contributed by atoms with van der Waals surface area (Å²) in [6, 6.07) is 7.70. The Morgan fingerprint density at radius 3 is 2.57 bits per heavy atom. The second-order valence-corrected chi connectivity index (χ2v) is 7.39. The zero-order valence-corrected chi connectivity index (χ0v) is 15.8. The van der Waals surface area contributed by atoms with Crippen molar-refractivity contribution >= 4 is 23.7 Å². The van der Waals surface area contributed by atoms with Gasteiger partial charge in [-0.1, -0.05) is 30.3 Å². The van der Waals surface area contributed by atoms with Crippen molar-refractivity contribution in [2.45, 2.75) is 57.3 Å². The molecule has 150 valence electrons. The summed E-state index contributed by atoms with van der Waals surface area (Å²) in [7, 11) is 0. The summed E-state index contributed by atoms with van der Waals surface area (Å²) < 4.78 is 0. The van der Waals surface area contributed by atoms with Crippen LogP contribution in [-0.2, 0) is 20.9 Å². The fourth-order valence-electron chi connectivity index (χ4n) is 4.17. The van der Waals surface area contributed by atoms with Gasteiger partial charge in [-0.25, -0.2) is 4.79 Å². The molecule has 0 unspecified atom stereocenters. The van der Waals surface area contributed by atoms with Gasteiger partial charge < -0.3 is 15.3 Å². The number of nitrogens with zero attached hydrogens (tertiary/aromatic N) is 2. The van der Waals surface area contributed by atoms with E-state index in [1.165, 1.54) is 11.8 Å². The van der Waals surface area contributed by atoms with Crippen LogP contribution in [0, 0.1) is 0 Å². The Morgan fingerprint density at radius 2 is 1.93 bits per heavy atom. The molecule has 3 amide bonds. The Morgan fingerprint density at radius 1 is 1.21 bits per heavy atom. The summed E-state index contributed by atoms with van der Waals surface area (Å²) in [5.74, 6) is -0.438. The SMILES string of the molecule is CC(=O)N[C@H]1CC(=O)CC[C@@H]1N1CC[C@H](N(Cc2ccccc2)C(=O)O)C1=O. The first kappa shape index (κ1) is 19.9. The summed E-state index contributed by atoms with van der Waals surface area (Å²) >= 11 is 0. The van der Waals surface area contributed by atoms with Crippen LogP contribution in [0.1, 0.15) is 38.2 Å². The number of hydrogen-bond donors (Lipinski definition) is 2. The maximum Gasteiger partial charge on any atom is 0.408 e. The van der Waals surface area contributed by atoms with Gasteiger partial charge in [-0.15, -0.1) is 0 Å². The van der Waals surface area contributed by atoms with Gasteiger partial charge in [0.15, 0.2) is 0 Å². The number of carboxylic acid groups (broad SMARTS) is 1. The third-order valence-electron chi connectivity index (χ3n) is 5.45. The maximum absolute atomic E-state index is 13.1. The molecular formula is C20H25N3O5. The first-order valence-electron chi connectivity index (χ1n) is 9.49. The largest absolute Gasteiger partial charge is 0.465 e. The molecule has 2 aliphatic rings. The third kappa shape index (κ3) is 4.32. The predicted molar refractivity (Wildman–Crippen MR) is 100 cm³/mol. The number of carbonyl (C=O) groups excluding carboxylic acids is 3. The summed E-state index contributed by atoms with van der Waals surface area (Å²) in [6.07, 6.45) is 0.303. The second kappa shape index (κ2) is 8.41. The Balaban J connectivity index is 1.75. The van der Waals surface area contributed by atoms with E-state index in [0.29, 0.717) is 25.8 Å². The molecule has 0 aromatic heterocycles. The molecule has 3 atom stereocenters. The van der Waals surface area contributed by atoms with E-state index in [2.05, 4.69) is 5.32 Å². The minimum Gasteiger partial charge on any atom is -0.465 e. The maximum atomic E-state index is 13.1. The molecule has 8 nitrogen and oxygen atoms in total. The first-order chi connectivity index (χ1) is 13.4. The van der Waals surface area contributed by atoms with Gasteiger partial charge in [0.05, 0.1) is 12.1 Å². The lowest BCUT2D eigenvalue weighted by molar-refractivity contribution is -0.137. The van der Waals surface area contributed by atoms with Gasteiger partial charge in [-0.05, 0) is 18.4 Å². The van der Waals surface area contributed by atoms with E-state index in [4.69, 9.17) is 0 Å². The molecule has 3 rings (SSSR count). The van der Waals surface area contributed by atoms with Crippen LogP contribution in [-0.4, -0.2) is 63.3 Å². The number of carbonyl (C=O) groups is 4. The number of hydrogen-bond acceptors (Lipinski definition) is 4. The fourth-order valence-corrected chi connectivity index (χ4v) is 4.17. The van der Waals surface area contributed by atoms with Gasteiger partial charge in [-0.2, -0.15) is 0 Å². The Hall–Kier alpha value is -2.90. The molecule has 0 bridgehead atoms. The van der Waals surface area contributed by atoms with Crippen LogP contribution in [0.4, 0.5) is 4.79 Å². The molecule has 0 spiro atoms. The highest BCUT2D eigenvalue weighted by atomic mass is 16.4. The summed E-state index contributed by atoms with van der Waals surface area (Å²) in [5, 5.41) is 12.5. The monoisotopic (exact) mass is 387 g/mol. The molecule has 2 N–H and O–H groups in total. The molecule has 1 aromatic rings. The molecule has 1 heterocycles. The third-order valence-corrected chi connectivity index (χ3v) is 5.45. The summed E-state index contributed by atoms with van der Waals surface area (Å²) in [6.45, 7) is 1.94. The normalized spacial score (nSPS) is 24.9. The van der Waals surface area contributed by atoms with Gasteiger partial charge in [0, 0.05) is 32.9 Å². The number of amides is 3. The molecule has 1 aromatic carbocycles. The average Bonchev–Trinajstić information content (AvgIpc) is 3.01. The molecular weight excluding hydrogens is 362 g/mol. The highest BCUT2D eigenvalue weighted by molar-refractivity contribution is 5.88. The van der Waals surface area contributed by atoms with E-state index in [-0.39, 0.29) is 36.6 Å². The lowest BCUT2D eigenvalue weighted by Crippen LogP contribution is -2.56. The molecule has 1 saturated heterocycles. The molecule has 28 heavy (non-hydrogen) atoms. The van der Waals surface area contributed by atoms with Crippen molar-refractivity contribution in [3.63, 3.8) is 0 Å². The molecule has 1 aliphatic carbocycles. The fraction of sp³-hybridized carbons (Fsp3) is 0.500. The van der Waals surface area contributed by atoms with E-state index < -0.39 is 18.2 Å². The van der Waals surface area contributed by atoms with Crippen molar-refractivity contribution in [3.8, 4) is 0 Å². The van der Waals surface area contributed by atoms with E-state index >= 15 is 0 Å². The van der Waals surface area contributed by atoms with Gasteiger partial charge in [0.25, 0.3) is 0 Å². The Bertz CT molecular complexity index is 764. The van der Waals surface area contributed by atoms with Crippen LogP contribution in [0.5, 0.6) is 0 Å². The zero-order chi connectivity index (χ0) is 20.3. The van der Waals surface area contributed by atoms with Crippen molar-refractivity contribution in [3.05, 3.63) is 35.9 Å². The van der Waals surface area contributed by atoms with E-state index in [9.17, 15) is 24.3 Å². The van der Waals surface area contributed by atoms with Crippen LogP contribution < -0.4 is 5.32 Å². The molecule has 8 heteroatoms. The standard InChI is InChI=1S/C20H25N3O5/c1-13(24)21-16-11-15(25)7-8-17(16)22-10-9-18(19(22)26)23(20(27)28)12-14-5-3-2-4-6-14/h2-6,16-18H,7-12H2,1H3,(H,21,24)(H,27,28)/t16-,17-,18-/m0/s1. The Labute approximate surface area is 163 Å². The second-order valence-electron chi connectivity index (χ2n) is 7.39. The van der Waals surface area contributed by atoms with Gasteiger partial charge in [0.1, 0.15) is 11.8 Å². The quantitative estimate of drug-likeness (QED) is 0.794. The van der Waals surface area contributed by atoms with Crippen LogP contribution >= 0.6 is 0 Å². The predicted octanol–water partition coefficient (Wildman–Crippen LogP) is 1.39. The highest BCUT2D eigenvalue weighted by Crippen LogP contribution is 2.28. The average molecular weight is 387 g/mol. The minimum atomic E-state index is -1.14. The molecule has 2 fully saturated rings. The molecule has 1 aliphatic heterocycles. The lowest BCUT2D eigenvalue weighted by Gasteiger charge is -2.38. The minimum absolute atomic E-state index is 0.0643. The number of rotatable bonds is 5. The van der Waals surface area contributed by atoms with Crippen molar-refractivity contribution in [2.75, 3.05) is 6.54 Å².